The van der Waals surface area contributed by atoms with Gasteiger partial charge in [-0.1, -0.05) is 19.1 Å². The number of hydrogen-bond acceptors (Lipinski definition) is 6. The molecule has 3 rings (SSSR count). The molecule has 0 spiro atoms. The van der Waals surface area contributed by atoms with Crippen molar-refractivity contribution in [3.05, 3.63) is 24.3 Å². The number of ether oxygens (including phenoxy) is 1. The van der Waals surface area contributed by atoms with Crippen molar-refractivity contribution in [2.24, 2.45) is 0 Å². The number of likely N-dealkylation sites (tertiary alicyclic amines) is 1. The molecule has 156 valence electrons. The summed E-state index contributed by atoms with van der Waals surface area (Å²) < 4.78 is 33.8. The van der Waals surface area contributed by atoms with Crippen LogP contribution >= 0.6 is 0 Å². The second-order valence-corrected chi connectivity index (χ2v) is 8.99. The Bertz CT molecular complexity index is 803. The summed E-state index contributed by atoms with van der Waals surface area (Å²) in [5.41, 5.74) is 0. The summed E-state index contributed by atoms with van der Waals surface area (Å²) in [5.74, 6) is 0.241. The van der Waals surface area contributed by atoms with Crippen LogP contribution in [-0.2, 0) is 10.0 Å². The summed E-state index contributed by atoms with van der Waals surface area (Å²) in [6.07, 6.45) is -0.458. The zero-order valence-electron chi connectivity index (χ0n) is 16.2. The number of aliphatic hydroxyl groups is 1. The lowest BCUT2D eigenvalue weighted by Gasteiger charge is -2.29. The third kappa shape index (κ3) is 4.57. The van der Waals surface area contributed by atoms with Crippen LogP contribution in [0.4, 0.5) is 4.79 Å². The number of urea groups is 1. The van der Waals surface area contributed by atoms with Gasteiger partial charge < -0.3 is 20.1 Å². The van der Waals surface area contributed by atoms with E-state index in [-0.39, 0.29) is 35.8 Å². The zero-order valence-corrected chi connectivity index (χ0v) is 17.0. The number of fused-ring (bicyclic) bond motifs is 2. The van der Waals surface area contributed by atoms with Crippen molar-refractivity contribution in [1.29, 1.82) is 0 Å². The van der Waals surface area contributed by atoms with E-state index in [2.05, 4.69) is 10.0 Å². The van der Waals surface area contributed by atoms with Gasteiger partial charge in [-0.25, -0.2) is 17.9 Å². The Morgan fingerprint density at radius 3 is 2.82 bits per heavy atom. The molecule has 0 radical (unpaired) electrons. The fourth-order valence-corrected chi connectivity index (χ4v) is 4.76. The van der Waals surface area contributed by atoms with Gasteiger partial charge in [0.05, 0.1) is 18.7 Å². The number of nitrogens with zero attached hydrogens (tertiary/aromatic N) is 2. The predicted octanol–water partition coefficient (Wildman–Crippen LogP) is -0.178. The third-order valence-electron chi connectivity index (χ3n) is 5.04. The van der Waals surface area contributed by atoms with Crippen LogP contribution in [0, 0.1) is 0 Å². The standard InChI is InChI=1S/C18H28N4O5S/c1-3-8-19-18(24)22-11-14-16(12-22)27-15-6-4-5-7-17(15)28(25,26)20-9-13(23)10-21(14)2/h4-7,13-14,16,20,23H,3,8-12H2,1-2H3,(H,19,24)/t13-,14+,16-/m0/s1. The van der Waals surface area contributed by atoms with E-state index in [9.17, 15) is 18.3 Å². The van der Waals surface area contributed by atoms with Gasteiger partial charge in [0.2, 0.25) is 10.0 Å². The van der Waals surface area contributed by atoms with Crippen molar-refractivity contribution in [2.75, 3.05) is 39.8 Å². The molecule has 1 saturated heterocycles. The van der Waals surface area contributed by atoms with Crippen LogP contribution in [0.2, 0.25) is 0 Å². The van der Waals surface area contributed by atoms with Crippen molar-refractivity contribution in [2.45, 2.75) is 36.5 Å². The lowest BCUT2D eigenvalue weighted by molar-refractivity contribution is 0.0713. The van der Waals surface area contributed by atoms with Crippen LogP contribution in [0.3, 0.4) is 0 Å². The molecule has 0 aliphatic carbocycles. The van der Waals surface area contributed by atoms with E-state index in [1.165, 1.54) is 6.07 Å². The first-order chi connectivity index (χ1) is 13.3. The Balaban J connectivity index is 1.91. The largest absolute Gasteiger partial charge is 0.485 e. The second kappa shape index (κ2) is 8.64. The van der Waals surface area contributed by atoms with Crippen LogP contribution in [0.15, 0.2) is 29.2 Å². The van der Waals surface area contributed by atoms with E-state index in [4.69, 9.17) is 4.74 Å². The maximum atomic E-state index is 12.6. The van der Waals surface area contributed by atoms with E-state index < -0.39 is 22.2 Å². The number of carbonyl (C=O) groups is 1. The summed E-state index contributed by atoms with van der Waals surface area (Å²) in [4.78, 5) is 16.0. The quantitative estimate of drug-likeness (QED) is 0.622. The van der Waals surface area contributed by atoms with Crippen molar-refractivity contribution < 1.29 is 23.1 Å². The molecule has 3 atom stereocenters. The summed E-state index contributed by atoms with van der Waals surface area (Å²) in [6.45, 7) is 3.51. The summed E-state index contributed by atoms with van der Waals surface area (Å²) in [5, 5.41) is 13.1. The number of likely N-dealkylation sites (N-methyl/N-ethyl adjacent to an activating group) is 1. The molecule has 28 heavy (non-hydrogen) atoms. The first kappa shape index (κ1) is 20.8. The first-order valence-corrected chi connectivity index (χ1v) is 11.0. The minimum atomic E-state index is -3.82. The van der Waals surface area contributed by atoms with Gasteiger partial charge in [-0.2, -0.15) is 0 Å². The molecule has 2 aliphatic heterocycles. The van der Waals surface area contributed by atoms with Gasteiger partial charge >= 0.3 is 6.03 Å². The Hall–Kier alpha value is -1.88. The fraction of sp³-hybridized carbons (Fsp3) is 0.611. The first-order valence-electron chi connectivity index (χ1n) is 9.48. The number of benzene rings is 1. The van der Waals surface area contributed by atoms with Crippen molar-refractivity contribution in [3.8, 4) is 5.75 Å². The highest BCUT2D eigenvalue weighted by molar-refractivity contribution is 7.89. The molecule has 0 bridgehead atoms. The van der Waals surface area contributed by atoms with E-state index >= 15 is 0 Å². The molecule has 0 aromatic heterocycles. The molecule has 0 unspecified atom stereocenters. The van der Waals surface area contributed by atoms with Crippen LogP contribution in [0.25, 0.3) is 0 Å². The molecule has 0 saturated carbocycles. The molecule has 1 aromatic carbocycles. The third-order valence-corrected chi connectivity index (χ3v) is 6.50. The highest BCUT2D eigenvalue weighted by Gasteiger charge is 2.40. The molecule has 1 aromatic rings. The minimum Gasteiger partial charge on any atom is -0.485 e. The number of sulfonamides is 1. The molecule has 2 heterocycles. The van der Waals surface area contributed by atoms with Gasteiger partial charge in [0.15, 0.2) is 0 Å². The minimum absolute atomic E-state index is 0.0272. The number of hydrogen-bond donors (Lipinski definition) is 3. The maximum absolute atomic E-state index is 12.6. The smallest absolute Gasteiger partial charge is 0.317 e. The van der Waals surface area contributed by atoms with E-state index in [0.29, 0.717) is 19.6 Å². The van der Waals surface area contributed by atoms with Gasteiger partial charge in [0.25, 0.3) is 0 Å². The Labute approximate surface area is 165 Å². The maximum Gasteiger partial charge on any atom is 0.317 e. The molecular formula is C18H28N4O5S. The Kier molecular flexibility index (Phi) is 6.43. The monoisotopic (exact) mass is 412 g/mol. The van der Waals surface area contributed by atoms with E-state index in [1.54, 1.807) is 23.1 Å². The van der Waals surface area contributed by atoms with Gasteiger partial charge in [0, 0.05) is 26.2 Å². The lowest BCUT2D eigenvalue weighted by atomic mass is 10.1. The Morgan fingerprint density at radius 1 is 1.32 bits per heavy atom. The van der Waals surface area contributed by atoms with Crippen LogP contribution in [0.5, 0.6) is 5.75 Å². The topological polar surface area (TPSA) is 111 Å². The summed E-state index contributed by atoms with van der Waals surface area (Å²) in [6, 6.07) is 6.08. The van der Waals surface area contributed by atoms with E-state index in [0.717, 1.165) is 6.42 Å². The fourth-order valence-electron chi connectivity index (χ4n) is 3.55. The van der Waals surface area contributed by atoms with Crippen LogP contribution in [-0.4, -0.2) is 87.4 Å². The van der Waals surface area contributed by atoms with Gasteiger partial charge in [-0.3, -0.25) is 4.90 Å². The highest BCUT2D eigenvalue weighted by Crippen LogP contribution is 2.28. The highest BCUT2D eigenvalue weighted by atomic mass is 32.2. The SMILES string of the molecule is CCCNC(=O)N1C[C@@H]2Oc3ccccc3S(=O)(=O)NC[C@H](O)CN(C)[C@@H]2C1. The average Bonchev–Trinajstić information content (AvgIpc) is 3.08. The normalized spacial score (nSPS) is 27.8. The summed E-state index contributed by atoms with van der Waals surface area (Å²) >= 11 is 0. The number of β-amino-alcohol motifs (C(OH)–C–C–N with tert-alkyl or cyclic N) is 1. The molecule has 9 nitrogen and oxygen atoms in total. The molecule has 2 aliphatic rings. The van der Waals surface area contributed by atoms with Crippen LogP contribution < -0.4 is 14.8 Å². The van der Waals surface area contributed by atoms with Crippen LogP contribution in [0.1, 0.15) is 13.3 Å². The number of carbonyl (C=O) groups excluding carboxylic acids is 1. The summed E-state index contributed by atoms with van der Waals surface area (Å²) in [7, 11) is -1.98. The molecule has 3 N–H and O–H groups in total. The number of nitrogens with one attached hydrogen (secondary N) is 2. The van der Waals surface area contributed by atoms with E-state index in [1.807, 2.05) is 18.9 Å². The second-order valence-electron chi connectivity index (χ2n) is 7.25. The lowest BCUT2D eigenvalue weighted by Crippen LogP contribution is -2.48. The van der Waals surface area contributed by atoms with Gasteiger partial charge in [-0.15, -0.1) is 0 Å². The van der Waals surface area contributed by atoms with Crippen molar-refractivity contribution >= 4 is 16.1 Å². The molecule has 10 heteroatoms. The molecule has 1 fully saturated rings. The number of rotatable bonds is 2. The predicted molar refractivity (Wildman–Crippen MR) is 104 cm³/mol. The zero-order chi connectivity index (χ0) is 20.3. The van der Waals surface area contributed by atoms with Crippen molar-refractivity contribution in [1.82, 2.24) is 19.8 Å². The number of amides is 2. The molecular weight excluding hydrogens is 384 g/mol. The Morgan fingerprint density at radius 2 is 2.07 bits per heavy atom. The van der Waals surface area contributed by atoms with Gasteiger partial charge in [-0.05, 0) is 25.6 Å². The number of para-hydroxylation sites is 1. The average molecular weight is 413 g/mol. The van der Waals surface area contributed by atoms with Gasteiger partial charge in [0.1, 0.15) is 16.7 Å². The number of aliphatic hydroxyl groups excluding tert-OH is 1. The van der Waals surface area contributed by atoms with Crippen molar-refractivity contribution in [3.63, 3.8) is 0 Å². The molecule has 2 amide bonds.